The fraction of sp³-hybridized carbons (Fsp3) is 0.179. The number of benzene rings is 4. The van der Waals surface area contributed by atoms with Crippen molar-refractivity contribution < 1.29 is 19.1 Å². The highest BCUT2D eigenvalue weighted by Crippen LogP contribution is 2.39. The minimum Gasteiger partial charge on any atom is -0.489 e. The molecule has 4 aromatic carbocycles. The Labute approximate surface area is 270 Å². The molecule has 0 saturated heterocycles. The van der Waals surface area contributed by atoms with Gasteiger partial charge < -0.3 is 20.2 Å². The van der Waals surface area contributed by atoms with E-state index in [0.717, 1.165) is 38.1 Å². The number of nitrogens with zero attached hydrogens (tertiary/aromatic N) is 1. The van der Waals surface area contributed by atoms with Gasteiger partial charge in [-0.15, -0.1) is 0 Å². The van der Waals surface area contributed by atoms with Crippen molar-refractivity contribution in [3.63, 3.8) is 0 Å². The van der Waals surface area contributed by atoms with E-state index >= 15 is 0 Å². The maximum Gasteiger partial charge on any atom is 0.261 e. The van der Waals surface area contributed by atoms with E-state index in [1.807, 2.05) is 124 Å². The number of H-pyrrole nitrogens is 1. The van der Waals surface area contributed by atoms with Crippen molar-refractivity contribution in [2.24, 2.45) is 0 Å². The minimum absolute atomic E-state index is 0.302. The topological polar surface area (TPSA) is 97.7 Å². The Morgan fingerprint density at radius 1 is 0.804 bits per heavy atom. The number of aromatic nitrogens is 1. The number of fused-ring (bicyclic) bond motifs is 1. The van der Waals surface area contributed by atoms with Gasteiger partial charge in [-0.25, -0.2) is 0 Å². The van der Waals surface area contributed by atoms with Gasteiger partial charge in [-0.3, -0.25) is 14.5 Å². The average molecular weight is 614 g/mol. The number of nitrogens with one attached hydrogen (secondary N) is 1. The lowest BCUT2D eigenvalue weighted by Crippen LogP contribution is -2.26. The monoisotopic (exact) mass is 613 g/mol. The second-order valence-electron chi connectivity index (χ2n) is 10.9. The molecule has 0 spiro atoms. The van der Waals surface area contributed by atoms with Crippen molar-refractivity contribution in [2.75, 3.05) is 12.8 Å². The lowest BCUT2D eigenvalue weighted by atomic mass is 9.96. The number of amides is 2. The van der Waals surface area contributed by atoms with Crippen LogP contribution >= 0.6 is 0 Å². The normalized spacial score (nSPS) is 13.2. The molecule has 234 valence electrons. The Morgan fingerprint density at radius 2 is 1.37 bits per heavy atom. The number of likely N-dealkylation sites (N-methyl/N-ethyl adjacent to an activating group) is 1. The van der Waals surface area contributed by atoms with Gasteiger partial charge in [0, 0.05) is 52.6 Å². The van der Waals surface area contributed by atoms with E-state index in [-0.39, 0.29) is 11.8 Å². The van der Waals surface area contributed by atoms with E-state index in [1.165, 1.54) is 7.05 Å². The lowest BCUT2D eigenvalue weighted by molar-refractivity contribution is -0.135. The third-order valence-electron chi connectivity index (χ3n) is 7.87. The average Bonchev–Trinajstić information content (AvgIpc) is 3.52. The summed E-state index contributed by atoms with van der Waals surface area (Å²) in [6.07, 6.45) is 1.96. The summed E-state index contributed by atoms with van der Waals surface area (Å²) in [5, 5.41) is 0.819. The van der Waals surface area contributed by atoms with Crippen LogP contribution in [0.25, 0.3) is 28.1 Å². The SMILES string of the molecule is CC.CC1=C(c2c(/C=C(\C)c3ccc(OCc4ccccc4)cc3N)[nH]c3cc(OCc4ccccc4)ccc23)C(=O)N(C)C1=O. The fourth-order valence-electron chi connectivity index (χ4n) is 5.50. The van der Waals surface area contributed by atoms with Crippen LogP contribution in [0, 0.1) is 0 Å². The number of carbonyl (C=O) groups excluding carboxylic acids is 2. The van der Waals surface area contributed by atoms with Crippen LogP contribution in [0.1, 0.15) is 55.6 Å². The second-order valence-corrected chi connectivity index (χ2v) is 10.9. The summed E-state index contributed by atoms with van der Waals surface area (Å²) in [5.41, 5.74) is 13.9. The molecule has 0 unspecified atom stereocenters. The maximum absolute atomic E-state index is 13.3. The van der Waals surface area contributed by atoms with E-state index in [0.29, 0.717) is 52.8 Å². The molecule has 2 heterocycles. The first-order chi connectivity index (χ1) is 22.3. The van der Waals surface area contributed by atoms with Crippen molar-refractivity contribution in [2.45, 2.75) is 40.9 Å². The zero-order valence-corrected chi connectivity index (χ0v) is 26.9. The first-order valence-electron chi connectivity index (χ1n) is 15.4. The number of imide groups is 1. The molecule has 7 heteroatoms. The van der Waals surface area contributed by atoms with E-state index in [4.69, 9.17) is 15.2 Å². The molecule has 5 aromatic rings. The zero-order valence-electron chi connectivity index (χ0n) is 26.9. The van der Waals surface area contributed by atoms with Gasteiger partial charge >= 0.3 is 0 Å². The quantitative estimate of drug-likeness (QED) is 0.129. The number of rotatable bonds is 9. The molecule has 6 rings (SSSR count). The van der Waals surface area contributed by atoms with Crippen LogP contribution in [-0.4, -0.2) is 28.7 Å². The van der Waals surface area contributed by atoms with Crippen LogP contribution in [0.4, 0.5) is 5.69 Å². The van der Waals surface area contributed by atoms with E-state index < -0.39 is 0 Å². The summed E-state index contributed by atoms with van der Waals surface area (Å²) in [6.45, 7) is 8.54. The molecule has 0 aliphatic carbocycles. The van der Waals surface area contributed by atoms with E-state index in [1.54, 1.807) is 6.92 Å². The Balaban J connectivity index is 0.00000204. The smallest absolute Gasteiger partial charge is 0.261 e. The molecule has 0 fully saturated rings. The Bertz CT molecular complexity index is 1940. The van der Waals surface area contributed by atoms with Crippen molar-refractivity contribution in [1.82, 2.24) is 9.88 Å². The number of hydrogen-bond donors (Lipinski definition) is 2. The molecule has 2 amide bonds. The van der Waals surface area contributed by atoms with Crippen molar-refractivity contribution in [3.8, 4) is 11.5 Å². The summed E-state index contributed by atoms with van der Waals surface area (Å²) in [4.78, 5) is 30.7. The van der Waals surface area contributed by atoms with Crippen LogP contribution in [0.2, 0.25) is 0 Å². The Morgan fingerprint density at radius 3 is 1.91 bits per heavy atom. The van der Waals surface area contributed by atoms with Gasteiger partial charge in [-0.2, -0.15) is 0 Å². The number of allylic oxidation sites excluding steroid dienone is 1. The number of aromatic amines is 1. The Kier molecular flexibility index (Phi) is 9.72. The van der Waals surface area contributed by atoms with E-state index in [9.17, 15) is 9.59 Å². The zero-order chi connectivity index (χ0) is 32.8. The highest BCUT2D eigenvalue weighted by atomic mass is 16.5. The lowest BCUT2D eigenvalue weighted by Gasteiger charge is -2.11. The summed E-state index contributed by atoms with van der Waals surface area (Å²) in [7, 11) is 1.51. The van der Waals surface area contributed by atoms with Gasteiger partial charge in [0.05, 0.1) is 11.1 Å². The molecule has 1 aliphatic rings. The third kappa shape index (κ3) is 6.59. The summed E-state index contributed by atoms with van der Waals surface area (Å²) in [5.74, 6) is 0.734. The third-order valence-corrected chi connectivity index (χ3v) is 7.87. The summed E-state index contributed by atoms with van der Waals surface area (Å²) in [6, 6.07) is 31.3. The van der Waals surface area contributed by atoms with Crippen molar-refractivity contribution in [3.05, 3.63) is 131 Å². The van der Waals surface area contributed by atoms with E-state index in [2.05, 4.69) is 4.98 Å². The van der Waals surface area contributed by atoms with Gasteiger partial charge in [-0.1, -0.05) is 74.5 Å². The number of carbonyl (C=O) groups is 2. The molecule has 0 bridgehead atoms. The molecule has 7 nitrogen and oxygen atoms in total. The van der Waals surface area contributed by atoms with Crippen LogP contribution in [0.15, 0.2) is 103 Å². The first-order valence-corrected chi connectivity index (χ1v) is 15.4. The van der Waals surface area contributed by atoms with Crippen molar-refractivity contribution in [1.29, 1.82) is 0 Å². The standard InChI is InChI=1S/C37H33N3O4.C2H6/c1-23(29-16-14-27(19-31(29)38)43-21-25-10-6-4-7-11-25)18-33-35(34-24(2)36(41)40(3)37(34)42)30-17-15-28(20-32(30)39-33)44-22-26-12-8-5-9-13-26;1-2/h4-20,39H,21-22,38H2,1-3H3;1-2H3/b23-18+;. The van der Waals surface area contributed by atoms with Crippen LogP contribution in [-0.2, 0) is 22.8 Å². The predicted molar refractivity (Wildman–Crippen MR) is 186 cm³/mol. The fourth-order valence-corrected chi connectivity index (χ4v) is 5.50. The van der Waals surface area contributed by atoms with Gasteiger partial charge in [0.15, 0.2) is 0 Å². The van der Waals surface area contributed by atoms with Gasteiger partial charge in [0.25, 0.3) is 11.8 Å². The largest absolute Gasteiger partial charge is 0.489 e. The molecule has 46 heavy (non-hydrogen) atoms. The minimum atomic E-state index is -0.329. The number of nitrogen functional groups attached to an aromatic ring is 1. The van der Waals surface area contributed by atoms with Crippen LogP contribution < -0.4 is 15.2 Å². The molecular formula is C39H39N3O4. The number of ether oxygens (including phenoxy) is 2. The molecule has 1 aliphatic heterocycles. The van der Waals surface area contributed by atoms with Gasteiger partial charge in [-0.05, 0) is 60.9 Å². The van der Waals surface area contributed by atoms with Crippen LogP contribution in [0.3, 0.4) is 0 Å². The van der Waals surface area contributed by atoms with Gasteiger partial charge in [0.1, 0.15) is 24.7 Å². The Hall–Kier alpha value is -5.56. The number of anilines is 1. The highest BCUT2D eigenvalue weighted by Gasteiger charge is 2.36. The molecule has 0 atom stereocenters. The van der Waals surface area contributed by atoms with Crippen molar-refractivity contribution >= 4 is 45.6 Å². The second kappa shape index (κ2) is 14.0. The molecule has 0 saturated carbocycles. The molecule has 1 aromatic heterocycles. The predicted octanol–water partition coefficient (Wildman–Crippen LogP) is 8.27. The van der Waals surface area contributed by atoms with Crippen LogP contribution in [0.5, 0.6) is 11.5 Å². The first kappa shape index (κ1) is 31.9. The molecule has 0 radical (unpaired) electrons. The number of hydrogen-bond acceptors (Lipinski definition) is 5. The highest BCUT2D eigenvalue weighted by molar-refractivity contribution is 6.37. The molecule has 3 N–H and O–H groups in total. The number of nitrogens with two attached hydrogens (primary N) is 1. The molecular weight excluding hydrogens is 574 g/mol. The van der Waals surface area contributed by atoms with Gasteiger partial charge in [0.2, 0.25) is 0 Å². The maximum atomic E-state index is 13.3. The summed E-state index contributed by atoms with van der Waals surface area (Å²) >= 11 is 0. The summed E-state index contributed by atoms with van der Waals surface area (Å²) < 4.78 is 12.0.